The highest BCUT2D eigenvalue weighted by Crippen LogP contribution is 2.33. The Hall–Kier alpha value is -3.23. The molecule has 5 heteroatoms. The second kappa shape index (κ2) is 7.56. The number of benzene rings is 1. The summed E-state index contributed by atoms with van der Waals surface area (Å²) in [6.07, 6.45) is 1.69. The number of pyridine rings is 2. The SMILES string of the molecule is Cc1ccc(-c2cc(-c3ccccn3)nc(OCCO)c2C#N)cc1. The van der Waals surface area contributed by atoms with Gasteiger partial charge in [-0.3, -0.25) is 4.98 Å². The fourth-order valence-electron chi connectivity index (χ4n) is 2.48. The van der Waals surface area contributed by atoms with E-state index >= 15 is 0 Å². The van der Waals surface area contributed by atoms with Crippen LogP contribution in [0.3, 0.4) is 0 Å². The Balaban J connectivity index is 2.20. The molecule has 2 heterocycles. The maximum atomic E-state index is 9.63. The van der Waals surface area contributed by atoms with Gasteiger partial charge in [0.1, 0.15) is 18.2 Å². The maximum absolute atomic E-state index is 9.63. The lowest BCUT2D eigenvalue weighted by molar-refractivity contribution is 0.196. The minimum absolute atomic E-state index is 0.0701. The summed E-state index contributed by atoms with van der Waals surface area (Å²) in [6, 6.07) is 17.5. The average molecular weight is 331 g/mol. The highest BCUT2D eigenvalue weighted by atomic mass is 16.5. The highest BCUT2D eigenvalue weighted by molar-refractivity contribution is 5.77. The van der Waals surface area contributed by atoms with E-state index in [1.54, 1.807) is 6.20 Å². The lowest BCUT2D eigenvalue weighted by atomic mass is 9.99. The summed E-state index contributed by atoms with van der Waals surface area (Å²) in [5, 5.41) is 18.7. The molecular weight excluding hydrogens is 314 g/mol. The first-order valence-corrected chi connectivity index (χ1v) is 7.90. The van der Waals surface area contributed by atoms with Gasteiger partial charge >= 0.3 is 0 Å². The van der Waals surface area contributed by atoms with Crippen LogP contribution in [0.2, 0.25) is 0 Å². The Morgan fingerprint density at radius 3 is 2.56 bits per heavy atom. The molecule has 0 spiro atoms. The summed E-state index contributed by atoms with van der Waals surface area (Å²) in [5.74, 6) is 0.204. The van der Waals surface area contributed by atoms with Crippen molar-refractivity contribution in [3.63, 3.8) is 0 Å². The molecule has 0 amide bonds. The van der Waals surface area contributed by atoms with Gasteiger partial charge in [-0.1, -0.05) is 35.9 Å². The smallest absolute Gasteiger partial charge is 0.233 e. The number of ether oxygens (including phenoxy) is 1. The third kappa shape index (κ3) is 3.65. The largest absolute Gasteiger partial charge is 0.474 e. The van der Waals surface area contributed by atoms with E-state index in [2.05, 4.69) is 16.0 Å². The molecule has 0 aliphatic heterocycles. The number of rotatable bonds is 5. The van der Waals surface area contributed by atoms with E-state index in [1.165, 1.54) is 0 Å². The molecule has 0 bridgehead atoms. The summed E-state index contributed by atoms with van der Waals surface area (Å²) in [4.78, 5) is 8.76. The van der Waals surface area contributed by atoms with Gasteiger partial charge in [0.2, 0.25) is 5.88 Å². The molecule has 0 saturated carbocycles. The number of hydrogen-bond donors (Lipinski definition) is 1. The third-order valence-electron chi connectivity index (χ3n) is 3.72. The first kappa shape index (κ1) is 16.6. The molecular formula is C20H17N3O2. The zero-order valence-electron chi connectivity index (χ0n) is 13.8. The Morgan fingerprint density at radius 1 is 1.12 bits per heavy atom. The fraction of sp³-hybridized carbons (Fsp3) is 0.150. The number of hydrogen-bond acceptors (Lipinski definition) is 5. The number of aromatic nitrogens is 2. The van der Waals surface area contributed by atoms with Gasteiger partial charge in [-0.25, -0.2) is 4.98 Å². The fourth-order valence-corrected chi connectivity index (χ4v) is 2.48. The molecule has 0 saturated heterocycles. The summed E-state index contributed by atoms with van der Waals surface area (Å²) in [7, 11) is 0. The molecule has 1 N–H and O–H groups in total. The van der Waals surface area contributed by atoms with E-state index in [4.69, 9.17) is 9.84 Å². The Labute approximate surface area is 146 Å². The monoisotopic (exact) mass is 331 g/mol. The quantitative estimate of drug-likeness (QED) is 0.775. The number of aryl methyl sites for hydroxylation is 1. The molecule has 0 aliphatic carbocycles. The van der Waals surface area contributed by atoms with Gasteiger partial charge < -0.3 is 9.84 Å². The molecule has 3 aromatic rings. The van der Waals surface area contributed by atoms with Crippen LogP contribution >= 0.6 is 0 Å². The zero-order valence-corrected chi connectivity index (χ0v) is 13.8. The van der Waals surface area contributed by atoms with Crippen molar-refractivity contribution < 1.29 is 9.84 Å². The van der Waals surface area contributed by atoms with Crippen LogP contribution in [-0.2, 0) is 0 Å². The molecule has 2 aromatic heterocycles. The molecule has 1 aromatic carbocycles. The second-order valence-corrected chi connectivity index (χ2v) is 5.50. The first-order valence-electron chi connectivity index (χ1n) is 7.90. The van der Waals surface area contributed by atoms with Crippen molar-refractivity contribution >= 4 is 0 Å². The Bertz CT molecular complexity index is 901. The topological polar surface area (TPSA) is 79.0 Å². The summed E-state index contributed by atoms with van der Waals surface area (Å²) < 4.78 is 5.51. The van der Waals surface area contributed by atoms with Crippen molar-refractivity contribution in [1.82, 2.24) is 9.97 Å². The lowest BCUT2D eigenvalue weighted by Gasteiger charge is -2.13. The second-order valence-electron chi connectivity index (χ2n) is 5.50. The molecule has 0 radical (unpaired) electrons. The van der Waals surface area contributed by atoms with Gasteiger partial charge in [0.15, 0.2) is 0 Å². The highest BCUT2D eigenvalue weighted by Gasteiger charge is 2.17. The van der Waals surface area contributed by atoms with Crippen LogP contribution in [0.4, 0.5) is 0 Å². The molecule has 3 rings (SSSR count). The predicted octanol–water partition coefficient (Wildman–Crippen LogP) is 3.36. The van der Waals surface area contributed by atoms with Crippen LogP contribution in [0.25, 0.3) is 22.5 Å². The number of aliphatic hydroxyl groups excluding tert-OH is 1. The van der Waals surface area contributed by atoms with E-state index in [0.29, 0.717) is 17.0 Å². The number of aliphatic hydroxyl groups is 1. The predicted molar refractivity (Wildman–Crippen MR) is 94.9 cm³/mol. The van der Waals surface area contributed by atoms with Crippen molar-refractivity contribution in [2.45, 2.75) is 6.92 Å². The van der Waals surface area contributed by atoms with Crippen molar-refractivity contribution in [3.8, 4) is 34.5 Å². The van der Waals surface area contributed by atoms with E-state index in [-0.39, 0.29) is 19.1 Å². The standard InChI is InChI=1S/C20H17N3O2/c1-14-5-7-15(8-6-14)16-12-19(18-4-2-3-9-22-18)23-20(17(16)13-21)25-11-10-24/h2-9,12,24H,10-11H2,1H3. The van der Waals surface area contributed by atoms with Crippen LogP contribution in [0.1, 0.15) is 11.1 Å². The van der Waals surface area contributed by atoms with E-state index in [9.17, 15) is 5.26 Å². The molecule has 0 atom stereocenters. The normalized spacial score (nSPS) is 10.3. The summed E-state index contributed by atoms with van der Waals surface area (Å²) in [5.41, 5.74) is 4.41. The number of nitrogens with zero attached hydrogens (tertiary/aromatic N) is 3. The van der Waals surface area contributed by atoms with Crippen LogP contribution in [0, 0.1) is 18.3 Å². The van der Waals surface area contributed by atoms with Crippen molar-refractivity contribution in [3.05, 3.63) is 65.9 Å². The Morgan fingerprint density at radius 2 is 1.92 bits per heavy atom. The number of nitriles is 1. The molecule has 124 valence electrons. The molecule has 0 fully saturated rings. The minimum atomic E-state index is -0.153. The van der Waals surface area contributed by atoms with Crippen LogP contribution < -0.4 is 4.74 Å². The van der Waals surface area contributed by atoms with Crippen LogP contribution in [0.5, 0.6) is 5.88 Å². The molecule has 5 nitrogen and oxygen atoms in total. The van der Waals surface area contributed by atoms with Crippen molar-refractivity contribution in [1.29, 1.82) is 5.26 Å². The maximum Gasteiger partial charge on any atom is 0.233 e. The van der Waals surface area contributed by atoms with Crippen molar-refractivity contribution in [2.24, 2.45) is 0 Å². The Kier molecular flexibility index (Phi) is 5.03. The van der Waals surface area contributed by atoms with Crippen molar-refractivity contribution in [2.75, 3.05) is 13.2 Å². The van der Waals surface area contributed by atoms with Gasteiger partial charge in [0.25, 0.3) is 0 Å². The average Bonchev–Trinajstić information content (AvgIpc) is 2.67. The summed E-state index contributed by atoms with van der Waals surface area (Å²) in [6.45, 7) is 1.93. The zero-order chi connectivity index (χ0) is 17.6. The van der Waals surface area contributed by atoms with Crippen LogP contribution in [-0.4, -0.2) is 28.3 Å². The van der Waals surface area contributed by atoms with Gasteiger partial charge in [0.05, 0.1) is 18.0 Å². The molecule has 0 aliphatic rings. The molecule has 0 unspecified atom stereocenters. The van der Waals surface area contributed by atoms with E-state index in [0.717, 1.165) is 16.7 Å². The third-order valence-corrected chi connectivity index (χ3v) is 3.72. The van der Waals surface area contributed by atoms with E-state index in [1.807, 2.05) is 55.5 Å². The minimum Gasteiger partial charge on any atom is -0.474 e. The van der Waals surface area contributed by atoms with E-state index < -0.39 is 0 Å². The first-order chi connectivity index (χ1) is 12.2. The lowest BCUT2D eigenvalue weighted by Crippen LogP contribution is -2.06. The summed E-state index contributed by atoms with van der Waals surface area (Å²) >= 11 is 0. The van der Waals surface area contributed by atoms with Gasteiger partial charge in [-0.05, 0) is 30.7 Å². The van der Waals surface area contributed by atoms with Crippen LogP contribution in [0.15, 0.2) is 54.7 Å². The molecule has 25 heavy (non-hydrogen) atoms. The van der Waals surface area contributed by atoms with Gasteiger partial charge in [0, 0.05) is 11.8 Å². The van der Waals surface area contributed by atoms with Gasteiger partial charge in [-0.2, -0.15) is 5.26 Å². The van der Waals surface area contributed by atoms with Gasteiger partial charge in [-0.15, -0.1) is 0 Å².